The molecule has 170 valence electrons. The lowest BCUT2D eigenvalue weighted by Crippen LogP contribution is -2.54. The van der Waals surface area contributed by atoms with Gasteiger partial charge in [0.2, 0.25) is 11.8 Å². The minimum atomic E-state index is -0.963. The molecule has 1 aromatic carbocycles. The molecular formula is C23H24N6O4. The SMILES string of the molecule is O=C1CCC(N2C(=O)c3ccc(CNc4cncc(N5CCNCC5)c4)cc3C2=O)C(=O)N1. The van der Waals surface area contributed by atoms with Crippen molar-refractivity contribution in [2.45, 2.75) is 25.4 Å². The van der Waals surface area contributed by atoms with Crippen molar-refractivity contribution in [2.75, 3.05) is 36.4 Å². The van der Waals surface area contributed by atoms with Gasteiger partial charge in [-0.15, -0.1) is 0 Å². The highest BCUT2D eigenvalue weighted by Gasteiger charge is 2.44. The standard InChI is InChI=1S/C23H24N6O4/c30-20-4-3-19(21(31)27-20)29-22(32)17-2-1-14(9-18(17)23(29)33)11-26-15-10-16(13-25-12-15)28-7-5-24-6-8-28/h1-2,9-10,12-13,19,24,26H,3-8,11H2,(H,27,30,31). The van der Waals surface area contributed by atoms with E-state index in [1.54, 1.807) is 24.4 Å². The smallest absolute Gasteiger partial charge is 0.262 e. The summed E-state index contributed by atoms with van der Waals surface area (Å²) in [6.45, 7) is 4.18. The largest absolute Gasteiger partial charge is 0.380 e. The lowest BCUT2D eigenvalue weighted by molar-refractivity contribution is -0.136. The van der Waals surface area contributed by atoms with Crippen LogP contribution < -0.4 is 20.9 Å². The Kier molecular flexibility index (Phi) is 5.51. The number of nitrogens with zero attached hydrogens (tertiary/aromatic N) is 3. The number of aromatic nitrogens is 1. The molecule has 3 N–H and O–H groups in total. The van der Waals surface area contributed by atoms with Crippen molar-refractivity contribution in [3.05, 3.63) is 53.3 Å². The van der Waals surface area contributed by atoms with Crippen molar-refractivity contribution in [1.29, 1.82) is 0 Å². The Hall–Kier alpha value is -3.79. The summed E-state index contributed by atoms with van der Waals surface area (Å²) in [5.74, 6) is -2.01. The van der Waals surface area contributed by atoms with Crippen LogP contribution in [0.4, 0.5) is 11.4 Å². The third-order valence-corrected chi connectivity index (χ3v) is 6.21. The number of carbonyl (C=O) groups excluding carboxylic acids is 4. The highest BCUT2D eigenvalue weighted by molar-refractivity contribution is 6.23. The third-order valence-electron chi connectivity index (χ3n) is 6.21. The van der Waals surface area contributed by atoms with Crippen molar-refractivity contribution in [3.8, 4) is 0 Å². The topological polar surface area (TPSA) is 124 Å². The van der Waals surface area contributed by atoms with Gasteiger partial charge in [-0.3, -0.25) is 34.4 Å². The van der Waals surface area contributed by atoms with Crippen LogP contribution in [0.2, 0.25) is 0 Å². The maximum Gasteiger partial charge on any atom is 0.262 e. The van der Waals surface area contributed by atoms with Crippen molar-refractivity contribution >= 4 is 35.0 Å². The first-order valence-electron chi connectivity index (χ1n) is 11.0. The number of benzene rings is 1. The van der Waals surface area contributed by atoms with Crippen LogP contribution in [0.1, 0.15) is 39.1 Å². The highest BCUT2D eigenvalue weighted by atomic mass is 16.2. The van der Waals surface area contributed by atoms with Crippen LogP contribution in [0.3, 0.4) is 0 Å². The molecule has 0 radical (unpaired) electrons. The molecule has 3 aliphatic rings. The number of hydrogen-bond donors (Lipinski definition) is 3. The van der Waals surface area contributed by atoms with Crippen LogP contribution in [-0.2, 0) is 16.1 Å². The van der Waals surface area contributed by atoms with E-state index in [9.17, 15) is 19.2 Å². The number of amides is 4. The normalized spacial score (nSPS) is 20.7. The molecule has 4 amide bonds. The molecule has 1 aromatic heterocycles. The molecule has 0 spiro atoms. The zero-order chi connectivity index (χ0) is 22.9. The molecule has 1 atom stereocenters. The zero-order valence-electron chi connectivity index (χ0n) is 18.0. The monoisotopic (exact) mass is 448 g/mol. The fourth-order valence-electron chi connectivity index (χ4n) is 4.45. The molecule has 4 heterocycles. The van der Waals surface area contributed by atoms with E-state index in [-0.39, 0.29) is 24.0 Å². The molecule has 2 aromatic rings. The quantitative estimate of drug-likeness (QED) is 0.565. The summed E-state index contributed by atoms with van der Waals surface area (Å²) >= 11 is 0. The van der Waals surface area contributed by atoms with Gasteiger partial charge >= 0.3 is 0 Å². The average Bonchev–Trinajstić information content (AvgIpc) is 3.08. The Balaban J connectivity index is 1.29. The Labute approximate surface area is 190 Å². The van der Waals surface area contributed by atoms with Gasteiger partial charge in [-0.1, -0.05) is 6.07 Å². The van der Waals surface area contributed by atoms with Gasteiger partial charge in [0.05, 0.1) is 34.9 Å². The Morgan fingerprint density at radius 2 is 1.79 bits per heavy atom. The third kappa shape index (κ3) is 4.05. The predicted molar refractivity (Wildman–Crippen MR) is 120 cm³/mol. The number of carbonyl (C=O) groups is 4. The minimum Gasteiger partial charge on any atom is -0.380 e. The van der Waals surface area contributed by atoms with E-state index >= 15 is 0 Å². The summed E-state index contributed by atoms with van der Waals surface area (Å²) in [5, 5.41) is 8.86. The fraction of sp³-hybridized carbons (Fsp3) is 0.348. The maximum atomic E-state index is 13.0. The van der Waals surface area contributed by atoms with Crippen LogP contribution in [0.25, 0.3) is 0 Å². The van der Waals surface area contributed by atoms with Crippen LogP contribution >= 0.6 is 0 Å². The molecule has 3 aliphatic heterocycles. The first-order valence-corrected chi connectivity index (χ1v) is 11.0. The maximum absolute atomic E-state index is 13.0. The van der Waals surface area contributed by atoms with Gasteiger partial charge in [-0.05, 0) is 30.2 Å². The first-order chi connectivity index (χ1) is 16.0. The van der Waals surface area contributed by atoms with E-state index in [2.05, 4.69) is 25.8 Å². The zero-order valence-corrected chi connectivity index (χ0v) is 18.0. The Morgan fingerprint density at radius 1 is 1.00 bits per heavy atom. The van der Waals surface area contributed by atoms with E-state index in [4.69, 9.17) is 0 Å². The highest BCUT2D eigenvalue weighted by Crippen LogP contribution is 2.28. The molecule has 0 aliphatic carbocycles. The molecule has 10 heteroatoms. The van der Waals surface area contributed by atoms with E-state index in [0.29, 0.717) is 6.54 Å². The summed E-state index contributed by atoms with van der Waals surface area (Å²) < 4.78 is 0. The van der Waals surface area contributed by atoms with Crippen LogP contribution in [0.5, 0.6) is 0 Å². The van der Waals surface area contributed by atoms with Gasteiger partial charge < -0.3 is 15.5 Å². The number of fused-ring (bicyclic) bond motifs is 1. The lowest BCUT2D eigenvalue weighted by Gasteiger charge is -2.29. The van der Waals surface area contributed by atoms with Gasteiger partial charge in [0.1, 0.15) is 6.04 Å². The van der Waals surface area contributed by atoms with E-state index in [0.717, 1.165) is 48.0 Å². The number of rotatable bonds is 5. The van der Waals surface area contributed by atoms with Gasteiger partial charge in [0.15, 0.2) is 0 Å². The van der Waals surface area contributed by atoms with Crippen molar-refractivity contribution in [2.24, 2.45) is 0 Å². The van der Waals surface area contributed by atoms with Gasteiger partial charge in [0.25, 0.3) is 11.8 Å². The Morgan fingerprint density at radius 3 is 2.58 bits per heavy atom. The first kappa shape index (κ1) is 21.1. The number of piperazine rings is 1. The molecule has 1 unspecified atom stereocenters. The van der Waals surface area contributed by atoms with Crippen molar-refractivity contribution < 1.29 is 19.2 Å². The van der Waals surface area contributed by atoms with Gasteiger partial charge in [-0.25, -0.2) is 0 Å². The second kappa shape index (κ2) is 8.62. The second-order valence-corrected chi connectivity index (χ2v) is 8.35. The lowest BCUT2D eigenvalue weighted by atomic mass is 10.0. The fourth-order valence-corrected chi connectivity index (χ4v) is 4.45. The van der Waals surface area contributed by atoms with E-state index in [1.807, 2.05) is 12.3 Å². The van der Waals surface area contributed by atoms with Crippen molar-refractivity contribution in [1.82, 2.24) is 20.5 Å². The average molecular weight is 448 g/mol. The van der Waals surface area contributed by atoms with Crippen molar-refractivity contribution in [3.63, 3.8) is 0 Å². The molecule has 2 saturated heterocycles. The number of hydrogen-bond acceptors (Lipinski definition) is 8. The number of anilines is 2. The molecule has 0 bridgehead atoms. The number of piperidine rings is 1. The summed E-state index contributed by atoms with van der Waals surface area (Å²) in [6.07, 6.45) is 3.83. The molecule has 10 nitrogen and oxygen atoms in total. The summed E-state index contributed by atoms with van der Waals surface area (Å²) in [4.78, 5) is 57.0. The van der Waals surface area contributed by atoms with E-state index in [1.165, 1.54) is 0 Å². The van der Waals surface area contributed by atoms with Gasteiger partial charge in [-0.2, -0.15) is 0 Å². The van der Waals surface area contributed by atoms with Crippen LogP contribution in [0.15, 0.2) is 36.7 Å². The molecule has 2 fully saturated rings. The summed E-state index contributed by atoms with van der Waals surface area (Å²) in [5.41, 5.74) is 3.29. The second-order valence-electron chi connectivity index (χ2n) is 8.35. The number of nitrogens with one attached hydrogen (secondary N) is 3. The predicted octanol–water partition coefficient (Wildman–Crippen LogP) is 0.505. The molecule has 0 saturated carbocycles. The van der Waals surface area contributed by atoms with Crippen LogP contribution in [0, 0.1) is 0 Å². The molecule has 33 heavy (non-hydrogen) atoms. The Bertz CT molecular complexity index is 1140. The summed E-state index contributed by atoms with van der Waals surface area (Å²) in [6, 6.07) is 6.18. The number of pyridine rings is 1. The summed E-state index contributed by atoms with van der Waals surface area (Å²) in [7, 11) is 0. The number of imide groups is 2. The van der Waals surface area contributed by atoms with Crippen LogP contribution in [-0.4, -0.2) is 65.7 Å². The molecular weight excluding hydrogens is 424 g/mol. The van der Waals surface area contributed by atoms with Gasteiger partial charge in [0, 0.05) is 39.1 Å². The molecule has 5 rings (SSSR count). The van der Waals surface area contributed by atoms with E-state index < -0.39 is 29.7 Å². The minimum absolute atomic E-state index is 0.0972.